The number of anilines is 1. The first-order valence-electron chi connectivity index (χ1n) is 8.84. The van der Waals surface area contributed by atoms with Crippen molar-refractivity contribution >= 4 is 17.3 Å². The van der Waals surface area contributed by atoms with E-state index in [0.29, 0.717) is 18.4 Å². The fourth-order valence-corrected chi connectivity index (χ4v) is 3.00. The van der Waals surface area contributed by atoms with Gasteiger partial charge in [-0.05, 0) is 50.4 Å². The summed E-state index contributed by atoms with van der Waals surface area (Å²) < 4.78 is 38.0. The molecule has 0 spiro atoms. The summed E-state index contributed by atoms with van der Waals surface area (Å²) in [6.45, 7) is 2.35. The number of carbonyl (C=O) groups is 1. The molecule has 0 unspecified atom stereocenters. The average Bonchev–Trinajstić information content (AvgIpc) is 2.63. The van der Waals surface area contributed by atoms with Gasteiger partial charge in [-0.25, -0.2) is 0 Å². The van der Waals surface area contributed by atoms with E-state index in [9.17, 15) is 28.1 Å². The van der Waals surface area contributed by atoms with Gasteiger partial charge < -0.3 is 16.0 Å². The molecule has 1 amide bonds. The minimum absolute atomic E-state index is 0.0167. The molecule has 0 radical (unpaired) electrons. The predicted octanol–water partition coefficient (Wildman–Crippen LogP) is 2.92. The number of nitro groups is 1. The highest BCUT2D eigenvalue weighted by molar-refractivity contribution is 5.75. The van der Waals surface area contributed by atoms with Gasteiger partial charge in [-0.15, -0.1) is 0 Å². The van der Waals surface area contributed by atoms with Crippen molar-refractivity contribution in [3.05, 3.63) is 33.9 Å². The van der Waals surface area contributed by atoms with Crippen LogP contribution < -0.4 is 16.0 Å². The Kier molecular flexibility index (Phi) is 7.40. The molecule has 0 atom stereocenters. The zero-order valence-corrected chi connectivity index (χ0v) is 14.8. The van der Waals surface area contributed by atoms with Crippen LogP contribution in [0.1, 0.15) is 31.2 Å². The number of nitrogens with one attached hydrogen (secondary N) is 3. The quantitative estimate of drug-likeness (QED) is 0.362. The lowest BCUT2D eigenvalue weighted by atomic mass is 9.93. The van der Waals surface area contributed by atoms with Gasteiger partial charge in [0, 0.05) is 25.6 Å². The predicted molar refractivity (Wildman–Crippen MR) is 94.4 cm³/mol. The Bertz CT molecular complexity index is 661. The number of nitro benzene ring substituents is 1. The fourth-order valence-electron chi connectivity index (χ4n) is 3.00. The number of carbonyl (C=O) groups excluding carboxylic acids is 1. The summed E-state index contributed by atoms with van der Waals surface area (Å²) in [5, 5.41) is 19.7. The molecular formula is C17H23F3N4O3. The standard InChI is InChI=1S/C17H23F3N4O3/c18-17(19,20)13-2-3-14(15(11-13)24(26)27)22-9-10-23-16(25)4-1-12-5-7-21-8-6-12/h2-3,11-12,21-22H,1,4-10H2,(H,23,25). The minimum atomic E-state index is -4.65. The third-order valence-electron chi connectivity index (χ3n) is 4.52. The first-order chi connectivity index (χ1) is 12.8. The summed E-state index contributed by atoms with van der Waals surface area (Å²) in [6, 6.07) is 2.31. The van der Waals surface area contributed by atoms with E-state index in [-0.39, 0.29) is 24.7 Å². The van der Waals surface area contributed by atoms with Gasteiger partial charge >= 0.3 is 6.18 Å². The molecule has 1 fully saturated rings. The summed E-state index contributed by atoms with van der Waals surface area (Å²) in [5.41, 5.74) is -1.75. The van der Waals surface area contributed by atoms with E-state index in [1.807, 2.05) is 0 Å². The number of halogens is 3. The normalized spacial score (nSPS) is 15.4. The summed E-state index contributed by atoms with van der Waals surface area (Å²) in [4.78, 5) is 22.0. The molecule has 1 aliphatic rings. The maximum Gasteiger partial charge on any atom is 0.416 e. The Morgan fingerprint density at radius 3 is 2.59 bits per heavy atom. The van der Waals surface area contributed by atoms with Gasteiger partial charge in [0.05, 0.1) is 10.5 Å². The van der Waals surface area contributed by atoms with Gasteiger partial charge in [-0.3, -0.25) is 14.9 Å². The van der Waals surface area contributed by atoms with Gasteiger partial charge in [0.25, 0.3) is 5.69 Å². The van der Waals surface area contributed by atoms with Crippen molar-refractivity contribution in [2.75, 3.05) is 31.5 Å². The lowest BCUT2D eigenvalue weighted by Gasteiger charge is -2.22. The smallest absolute Gasteiger partial charge is 0.378 e. The SMILES string of the molecule is O=C(CCC1CCNCC1)NCCNc1ccc(C(F)(F)F)cc1[N+](=O)[O-]. The van der Waals surface area contributed by atoms with Gasteiger partial charge in [-0.2, -0.15) is 13.2 Å². The maximum atomic E-state index is 12.7. The van der Waals surface area contributed by atoms with Gasteiger partial charge in [0.1, 0.15) is 5.69 Å². The molecule has 1 heterocycles. The largest absolute Gasteiger partial charge is 0.416 e. The Morgan fingerprint density at radius 2 is 1.96 bits per heavy atom. The monoisotopic (exact) mass is 388 g/mol. The van der Waals surface area contributed by atoms with E-state index in [4.69, 9.17) is 0 Å². The average molecular weight is 388 g/mol. The van der Waals surface area contributed by atoms with Crippen LogP contribution in [0, 0.1) is 16.0 Å². The van der Waals surface area contributed by atoms with Crippen molar-refractivity contribution in [2.45, 2.75) is 31.9 Å². The highest BCUT2D eigenvalue weighted by atomic mass is 19.4. The zero-order valence-electron chi connectivity index (χ0n) is 14.8. The molecule has 27 heavy (non-hydrogen) atoms. The maximum absolute atomic E-state index is 12.7. The Morgan fingerprint density at radius 1 is 1.26 bits per heavy atom. The summed E-state index contributed by atoms with van der Waals surface area (Å²) in [5.74, 6) is 0.446. The first kappa shape index (κ1) is 20.9. The second kappa shape index (κ2) is 9.54. The summed E-state index contributed by atoms with van der Waals surface area (Å²) >= 11 is 0. The molecule has 0 saturated carbocycles. The molecule has 1 aliphatic heterocycles. The minimum Gasteiger partial charge on any atom is -0.378 e. The van der Waals surface area contributed by atoms with Crippen molar-refractivity contribution in [3.8, 4) is 0 Å². The van der Waals surface area contributed by atoms with E-state index in [0.717, 1.165) is 44.5 Å². The molecule has 150 valence electrons. The molecule has 1 aromatic rings. The second-order valence-electron chi connectivity index (χ2n) is 6.50. The third kappa shape index (κ3) is 6.70. The number of benzene rings is 1. The zero-order chi connectivity index (χ0) is 19.9. The molecular weight excluding hydrogens is 365 g/mol. The van der Waals surface area contributed by atoms with E-state index in [1.54, 1.807) is 0 Å². The van der Waals surface area contributed by atoms with Crippen LogP contribution in [0.5, 0.6) is 0 Å². The number of hydrogen-bond donors (Lipinski definition) is 3. The van der Waals surface area contributed by atoms with E-state index in [2.05, 4.69) is 16.0 Å². The van der Waals surface area contributed by atoms with Gasteiger partial charge in [0.2, 0.25) is 5.91 Å². The van der Waals surface area contributed by atoms with Crippen LogP contribution >= 0.6 is 0 Å². The Labute approximate surface area is 154 Å². The third-order valence-corrected chi connectivity index (χ3v) is 4.52. The van der Waals surface area contributed by atoms with Crippen LogP contribution in [0.3, 0.4) is 0 Å². The van der Waals surface area contributed by atoms with Crippen LogP contribution in [-0.2, 0) is 11.0 Å². The van der Waals surface area contributed by atoms with Crippen molar-refractivity contribution < 1.29 is 22.9 Å². The Balaban J connectivity index is 1.77. The summed E-state index contributed by atoms with van der Waals surface area (Å²) in [6.07, 6.45) is -1.28. The van der Waals surface area contributed by atoms with E-state index >= 15 is 0 Å². The van der Waals surface area contributed by atoms with Crippen LogP contribution in [0.2, 0.25) is 0 Å². The highest BCUT2D eigenvalue weighted by Crippen LogP contribution is 2.34. The Hall–Kier alpha value is -2.36. The number of hydrogen-bond acceptors (Lipinski definition) is 5. The lowest BCUT2D eigenvalue weighted by molar-refractivity contribution is -0.384. The molecule has 1 aromatic carbocycles. The van der Waals surface area contributed by atoms with Gasteiger partial charge in [-0.1, -0.05) is 0 Å². The second-order valence-corrected chi connectivity index (χ2v) is 6.50. The van der Waals surface area contributed by atoms with Crippen LogP contribution in [0.15, 0.2) is 18.2 Å². The van der Waals surface area contributed by atoms with Crippen molar-refractivity contribution in [1.82, 2.24) is 10.6 Å². The molecule has 0 aromatic heterocycles. The van der Waals surface area contributed by atoms with Crippen molar-refractivity contribution in [2.24, 2.45) is 5.92 Å². The highest BCUT2D eigenvalue weighted by Gasteiger charge is 2.33. The number of piperidine rings is 1. The molecule has 0 aliphatic carbocycles. The molecule has 1 saturated heterocycles. The summed E-state index contributed by atoms with van der Waals surface area (Å²) in [7, 11) is 0. The topological polar surface area (TPSA) is 96.3 Å². The van der Waals surface area contributed by atoms with Crippen LogP contribution in [0.4, 0.5) is 24.5 Å². The lowest BCUT2D eigenvalue weighted by Crippen LogP contribution is -2.31. The molecule has 10 heteroatoms. The molecule has 3 N–H and O–H groups in total. The first-order valence-corrected chi connectivity index (χ1v) is 8.84. The van der Waals surface area contributed by atoms with Crippen LogP contribution in [0.25, 0.3) is 0 Å². The molecule has 7 nitrogen and oxygen atoms in total. The number of alkyl halides is 3. The molecule has 0 bridgehead atoms. The van der Waals surface area contributed by atoms with Crippen LogP contribution in [-0.4, -0.2) is 37.0 Å². The van der Waals surface area contributed by atoms with E-state index < -0.39 is 22.4 Å². The number of amides is 1. The van der Waals surface area contributed by atoms with Crippen molar-refractivity contribution in [1.29, 1.82) is 0 Å². The number of nitrogens with zero attached hydrogens (tertiary/aromatic N) is 1. The van der Waals surface area contributed by atoms with E-state index in [1.165, 1.54) is 0 Å². The van der Waals surface area contributed by atoms with Gasteiger partial charge in [0.15, 0.2) is 0 Å². The number of rotatable bonds is 8. The fraction of sp³-hybridized carbons (Fsp3) is 0.588. The molecule has 2 rings (SSSR count). The van der Waals surface area contributed by atoms with Crippen molar-refractivity contribution in [3.63, 3.8) is 0 Å².